The fraction of sp³-hybridized carbons (Fsp3) is 0.400. The molecule has 0 spiro atoms. The SMILES string of the molecule is COc1ccc2ccn(CCC3OCCO3)c(=O)c2c1. The Hall–Kier alpha value is -1.85. The smallest absolute Gasteiger partial charge is 0.258 e. The molecular formula is C15H17NO4. The van der Waals surface area contributed by atoms with Crippen molar-refractivity contribution in [2.75, 3.05) is 20.3 Å². The molecule has 1 aromatic heterocycles. The van der Waals surface area contributed by atoms with Crippen molar-refractivity contribution < 1.29 is 14.2 Å². The Kier molecular flexibility index (Phi) is 3.71. The van der Waals surface area contributed by atoms with Gasteiger partial charge in [0.25, 0.3) is 5.56 Å². The van der Waals surface area contributed by atoms with Crippen molar-refractivity contribution in [3.63, 3.8) is 0 Å². The molecule has 0 saturated carbocycles. The average Bonchev–Trinajstić information content (AvgIpc) is 3.00. The maximum Gasteiger partial charge on any atom is 0.258 e. The second kappa shape index (κ2) is 5.64. The van der Waals surface area contributed by atoms with Crippen LogP contribution in [0, 0.1) is 0 Å². The minimum absolute atomic E-state index is 0.0144. The second-order valence-corrected chi connectivity index (χ2v) is 4.73. The molecule has 5 nitrogen and oxygen atoms in total. The lowest BCUT2D eigenvalue weighted by molar-refractivity contribution is -0.0491. The minimum atomic E-state index is -0.192. The lowest BCUT2D eigenvalue weighted by atomic mass is 10.1. The van der Waals surface area contributed by atoms with Crippen molar-refractivity contribution in [3.05, 3.63) is 40.8 Å². The number of fused-ring (bicyclic) bond motifs is 1. The van der Waals surface area contributed by atoms with E-state index in [0.717, 1.165) is 5.39 Å². The summed E-state index contributed by atoms with van der Waals surface area (Å²) in [6.45, 7) is 1.85. The quantitative estimate of drug-likeness (QED) is 0.853. The summed E-state index contributed by atoms with van der Waals surface area (Å²) in [7, 11) is 1.59. The van der Waals surface area contributed by atoms with Crippen molar-refractivity contribution in [1.82, 2.24) is 4.57 Å². The van der Waals surface area contributed by atoms with Gasteiger partial charge in [0.2, 0.25) is 0 Å². The molecule has 0 unspecified atom stereocenters. The molecule has 0 aliphatic carbocycles. The van der Waals surface area contributed by atoms with Gasteiger partial charge in [-0.2, -0.15) is 0 Å². The highest BCUT2D eigenvalue weighted by Crippen LogP contribution is 2.17. The molecule has 2 heterocycles. The van der Waals surface area contributed by atoms with E-state index in [4.69, 9.17) is 14.2 Å². The number of hydrogen-bond acceptors (Lipinski definition) is 4. The van der Waals surface area contributed by atoms with Crippen LogP contribution in [0.15, 0.2) is 35.3 Å². The predicted octanol–water partition coefficient (Wildman–Crippen LogP) is 1.77. The first-order chi connectivity index (χ1) is 9.78. The Balaban J connectivity index is 1.87. The van der Waals surface area contributed by atoms with Gasteiger partial charge in [-0.05, 0) is 23.6 Å². The van der Waals surface area contributed by atoms with Crippen molar-refractivity contribution >= 4 is 10.8 Å². The van der Waals surface area contributed by atoms with Crippen LogP contribution in [0.1, 0.15) is 6.42 Å². The number of hydrogen-bond donors (Lipinski definition) is 0. The Bertz CT molecular complexity index is 658. The normalized spacial score (nSPS) is 15.8. The van der Waals surface area contributed by atoms with Crippen molar-refractivity contribution in [2.24, 2.45) is 0 Å². The van der Waals surface area contributed by atoms with Gasteiger partial charge in [-0.3, -0.25) is 4.79 Å². The van der Waals surface area contributed by atoms with Gasteiger partial charge in [0.15, 0.2) is 6.29 Å². The van der Waals surface area contributed by atoms with Crippen LogP contribution in [0.3, 0.4) is 0 Å². The zero-order valence-electron chi connectivity index (χ0n) is 11.4. The second-order valence-electron chi connectivity index (χ2n) is 4.73. The monoisotopic (exact) mass is 275 g/mol. The van der Waals surface area contributed by atoms with E-state index < -0.39 is 0 Å². The third-order valence-corrected chi connectivity index (χ3v) is 3.48. The summed E-state index contributed by atoms with van der Waals surface area (Å²) in [5.74, 6) is 0.690. The maximum absolute atomic E-state index is 12.4. The molecule has 2 aromatic rings. The molecule has 1 aliphatic heterocycles. The van der Waals surface area contributed by atoms with E-state index in [1.165, 1.54) is 0 Å². The largest absolute Gasteiger partial charge is 0.497 e. The first-order valence-corrected chi connectivity index (χ1v) is 6.68. The summed E-state index contributed by atoms with van der Waals surface area (Å²) in [4.78, 5) is 12.4. The number of pyridine rings is 1. The molecule has 0 amide bonds. The van der Waals surface area contributed by atoms with E-state index >= 15 is 0 Å². The molecule has 0 radical (unpaired) electrons. The van der Waals surface area contributed by atoms with Gasteiger partial charge in [0.05, 0.1) is 25.7 Å². The number of rotatable bonds is 4. The molecule has 1 fully saturated rings. The van der Waals surface area contributed by atoms with E-state index in [1.54, 1.807) is 17.7 Å². The number of methoxy groups -OCH3 is 1. The van der Waals surface area contributed by atoms with Crippen molar-refractivity contribution in [1.29, 1.82) is 0 Å². The zero-order valence-corrected chi connectivity index (χ0v) is 11.4. The molecule has 3 rings (SSSR count). The van der Waals surface area contributed by atoms with Crippen LogP contribution in [0.5, 0.6) is 5.75 Å². The highest BCUT2D eigenvalue weighted by Gasteiger charge is 2.16. The highest BCUT2D eigenvalue weighted by molar-refractivity contribution is 5.82. The lowest BCUT2D eigenvalue weighted by Crippen LogP contribution is -2.22. The van der Waals surface area contributed by atoms with Gasteiger partial charge in [-0.15, -0.1) is 0 Å². The Morgan fingerprint density at radius 2 is 2.10 bits per heavy atom. The summed E-state index contributed by atoms with van der Waals surface area (Å²) < 4.78 is 17.6. The molecule has 5 heteroatoms. The number of aromatic nitrogens is 1. The van der Waals surface area contributed by atoms with Gasteiger partial charge in [-0.1, -0.05) is 6.07 Å². The van der Waals surface area contributed by atoms with E-state index in [0.29, 0.717) is 37.3 Å². The highest BCUT2D eigenvalue weighted by atomic mass is 16.7. The van der Waals surface area contributed by atoms with Crippen LogP contribution in [-0.2, 0) is 16.0 Å². The number of nitrogens with zero attached hydrogens (tertiary/aromatic N) is 1. The number of ether oxygens (including phenoxy) is 3. The summed E-state index contributed by atoms with van der Waals surface area (Å²) in [6, 6.07) is 7.46. The lowest BCUT2D eigenvalue weighted by Gasteiger charge is -2.11. The number of aryl methyl sites for hydroxylation is 1. The van der Waals surface area contributed by atoms with Crippen LogP contribution in [0.4, 0.5) is 0 Å². The Morgan fingerprint density at radius 3 is 2.85 bits per heavy atom. The van der Waals surface area contributed by atoms with Crippen LogP contribution in [-0.4, -0.2) is 31.2 Å². The topological polar surface area (TPSA) is 49.7 Å². The fourth-order valence-corrected chi connectivity index (χ4v) is 2.38. The first-order valence-electron chi connectivity index (χ1n) is 6.68. The standard InChI is InChI=1S/C15H17NO4/c1-18-12-3-2-11-4-6-16(15(17)13(11)10-12)7-5-14-19-8-9-20-14/h2-4,6,10,14H,5,7-9H2,1H3. The fourth-order valence-electron chi connectivity index (χ4n) is 2.38. The Morgan fingerprint density at radius 1 is 1.30 bits per heavy atom. The van der Waals surface area contributed by atoms with E-state index in [2.05, 4.69) is 0 Å². The van der Waals surface area contributed by atoms with Gasteiger partial charge in [0, 0.05) is 19.2 Å². The summed E-state index contributed by atoms with van der Waals surface area (Å²) in [6.07, 6.45) is 2.30. The molecular weight excluding hydrogens is 258 g/mol. The molecule has 1 saturated heterocycles. The maximum atomic E-state index is 12.4. The Labute approximate surface area is 116 Å². The van der Waals surface area contributed by atoms with Gasteiger partial charge in [0.1, 0.15) is 5.75 Å². The van der Waals surface area contributed by atoms with E-state index in [1.807, 2.05) is 24.4 Å². The first kappa shape index (κ1) is 13.1. The van der Waals surface area contributed by atoms with Gasteiger partial charge < -0.3 is 18.8 Å². The summed E-state index contributed by atoms with van der Waals surface area (Å²) in [5.41, 5.74) is -0.0144. The van der Waals surface area contributed by atoms with Crippen LogP contribution >= 0.6 is 0 Å². The van der Waals surface area contributed by atoms with Crippen LogP contribution in [0.2, 0.25) is 0 Å². The van der Waals surface area contributed by atoms with Gasteiger partial charge in [-0.25, -0.2) is 0 Å². The van der Waals surface area contributed by atoms with E-state index in [-0.39, 0.29) is 11.8 Å². The van der Waals surface area contributed by atoms with Crippen LogP contribution in [0.25, 0.3) is 10.8 Å². The number of benzene rings is 1. The molecule has 20 heavy (non-hydrogen) atoms. The van der Waals surface area contributed by atoms with Crippen LogP contribution < -0.4 is 10.3 Å². The van der Waals surface area contributed by atoms with Crippen molar-refractivity contribution in [3.8, 4) is 5.75 Å². The summed E-state index contributed by atoms with van der Waals surface area (Å²) >= 11 is 0. The average molecular weight is 275 g/mol. The third kappa shape index (κ3) is 2.55. The minimum Gasteiger partial charge on any atom is -0.497 e. The van der Waals surface area contributed by atoms with Crippen molar-refractivity contribution in [2.45, 2.75) is 19.3 Å². The van der Waals surface area contributed by atoms with E-state index in [9.17, 15) is 4.79 Å². The third-order valence-electron chi connectivity index (χ3n) is 3.48. The predicted molar refractivity (Wildman–Crippen MR) is 75.1 cm³/mol. The summed E-state index contributed by atoms with van der Waals surface area (Å²) in [5, 5.41) is 1.58. The molecule has 0 atom stereocenters. The molecule has 0 N–H and O–H groups in total. The molecule has 0 bridgehead atoms. The van der Waals surface area contributed by atoms with Gasteiger partial charge >= 0.3 is 0 Å². The molecule has 106 valence electrons. The zero-order chi connectivity index (χ0) is 13.9. The molecule has 1 aliphatic rings. The molecule has 1 aromatic carbocycles.